The first-order valence-corrected chi connectivity index (χ1v) is 27.9. The minimum Gasteiger partial charge on any atom is -0.466 e. The van der Waals surface area contributed by atoms with Gasteiger partial charge in [0.05, 0.1) is 25.4 Å². The Labute approximate surface area is 387 Å². The molecule has 0 saturated heterocycles. The highest BCUT2D eigenvalue weighted by Crippen LogP contribution is 2.17. The van der Waals surface area contributed by atoms with Crippen molar-refractivity contribution >= 4 is 11.9 Å². The second-order valence-electron chi connectivity index (χ2n) is 19.3. The third-order valence-corrected chi connectivity index (χ3v) is 13.1. The normalized spacial score (nSPS) is 12.6. The van der Waals surface area contributed by atoms with Crippen molar-refractivity contribution < 1.29 is 24.5 Å². The molecule has 0 saturated carbocycles. The molecule has 0 aromatic heterocycles. The highest BCUT2D eigenvalue weighted by atomic mass is 16.5. The van der Waals surface area contributed by atoms with E-state index < -0.39 is 12.1 Å². The highest BCUT2D eigenvalue weighted by Gasteiger charge is 2.20. The van der Waals surface area contributed by atoms with Gasteiger partial charge in [-0.2, -0.15) is 0 Å². The van der Waals surface area contributed by atoms with Gasteiger partial charge in [0.25, 0.3) is 0 Å². The van der Waals surface area contributed by atoms with Crippen molar-refractivity contribution in [3.63, 3.8) is 0 Å². The molecule has 1 amide bonds. The van der Waals surface area contributed by atoms with Crippen LogP contribution in [0.1, 0.15) is 309 Å². The maximum absolute atomic E-state index is 12.4. The van der Waals surface area contributed by atoms with Crippen molar-refractivity contribution in [3.05, 3.63) is 12.2 Å². The molecule has 0 aromatic carbocycles. The Morgan fingerprint density at radius 2 is 0.758 bits per heavy atom. The average Bonchev–Trinajstić information content (AvgIpc) is 3.27. The molecule has 6 nitrogen and oxygen atoms in total. The number of hydrogen-bond acceptors (Lipinski definition) is 5. The molecule has 0 aliphatic carbocycles. The number of hydrogen-bond donors (Lipinski definition) is 3. The lowest BCUT2D eigenvalue weighted by Gasteiger charge is -2.22. The smallest absolute Gasteiger partial charge is 0.305 e. The van der Waals surface area contributed by atoms with Gasteiger partial charge in [-0.15, -0.1) is 0 Å². The number of allylic oxidation sites excluding steroid dienone is 2. The van der Waals surface area contributed by atoms with E-state index in [0.29, 0.717) is 25.9 Å². The van der Waals surface area contributed by atoms with E-state index >= 15 is 0 Å². The van der Waals surface area contributed by atoms with Crippen molar-refractivity contribution in [2.75, 3.05) is 13.2 Å². The van der Waals surface area contributed by atoms with E-state index in [2.05, 4.69) is 31.3 Å². The van der Waals surface area contributed by atoms with E-state index in [1.165, 1.54) is 231 Å². The number of carbonyl (C=O) groups is 2. The lowest BCUT2D eigenvalue weighted by Crippen LogP contribution is -2.45. The van der Waals surface area contributed by atoms with Gasteiger partial charge in [0.2, 0.25) is 5.91 Å². The lowest BCUT2D eigenvalue weighted by atomic mass is 10.0. The number of carbonyl (C=O) groups excluding carboxylic acids is 2. The van der Waals surface area contributed by atoms with Crippen LogP contribution >= 0.6 is 0 Å². The summed E-state index contributed by atoms with van der Waals surface area (Å²) in [5.41, 5.74) is 0. The number of unbranched alkanes of at least 4 members (excludes halogenated alkanes) is 39. The fourth-order valence-corrected chi connectivity index (χ4v) is 8.75. The molecule has 0 heterocycles. The molecule has 2 unspecified atom stereocenters. The molecule has 62 heavy (non-hydrogen) atoms. The molecular weight excluding hydrogens is 767 g/mol. The fraction of sp³-hybridized carbons (Fsp3) is 0.929. The Balaban J connectivity index is 3.37. The van der Waals surface area contributed by atoms with Crippen LogP contribution in [0.25, 0.3) is 0 Å². The number of nitrogens with one attached hydrogen (secondary N) is 1. The topological polar surface area (TPSA) is 95.9 Å². The molecule has 6 heteroatoms. The second kappa shape index (κ2) is 52.2. The van der Waals surface area contributed by atoms with E-state index in [1.54, 1.807) is 0 Å². The van der Waals surface area contributed by atoms with Gasteiger partial charge in [0, 0.05) is 12.8 Å². The van der Waals surface area contributed by atoms with Crippen molar-refractivity contribution in [1.82, 2.24) is 5.32 Å². The summed E-state index contributed by atoms with van der Waals surface area (Å²) >= 11 is 0. The third-order valence-electron chi connectivity index (χ3n) is 13.1. The molecule has 368 valence electrons. The molecule has 0 bridgehead atoms. The van der Waals surface area contributed by atoms with Crippen LogP contribution in [0, 0.1) is 0 Å². The van der Waals surface area contributed by atoms with Gasteiger partial charge in [-0.3, -0.25) is 9.59 Å². The number of amides is 1. The van der Waals surface area contributed by atoms with Gasteiger partial charge >= 0.3 is 5.97 Å². The van der Waals surface area contributed by atoms with Crippen LogP contribution in [-0.4, -0.2) is 47.4 Å². The summed E-state index contributed by atoms with van der Waals surface area (Å²) in [5.74, 6) is -0.0396. The van der Waals surface area contributed by atoms with E-state index in [9.17, 15) is 19.8 Å². The SMILES string of the molecule is CCCCCCCC/C=C\CCCCCCCCCCCC(=O)OCCCCCCCCCCCCCCCCCCC(=O)NC(CO)C(O)CCCCCCCCCCCC. The number of esters is 1. The Morgan fingerprint density at radius 3 is 1.15 bits per heavy atom. The number of ether oxygens (including phenoxy) is 1. The van der Waals surface area contributed by atoms with Crippen LogP contribution in [-0.2, 0) is 14.3 Å². The van der Waals surface area contributed by atoms with E-state index in [0.717, 1.165) is 44.9 Å². The van der Waals surface area contributed by atoms with Gasteiger partial charge in [-0.05, 0) is 51.4 Å². The Bertz CT molecular complexity index is 924. The van der Waals surface area contributed by atoms with Gasteiger partial charge in [0.1, 0.15) is 0 Å². The quantitative estimate of drug-likeness (QED) is 0.0321. The summed E-state index contributed by atoms with van der Waals surface area (Å²) in [6.07, 6.45) is 60.6. The van der Waals surface area contributed by atoms with Crippen molar-refractivity contribution in [2.24, 2.45) is 0 Å². The maximum Gasteiger partial charge on any atom is 0.305 e. The zero-order chi connectivity index (χ0) is 45.1. The maximum atomic E-state index is 12.4. The number of aliphatic hydroxyl groups is 2. The van der Waals surface area contributed by atoms with Crippen molar-refractivity contribution in [1.29, 1.82) is 0 Å². The summed E-state index contributed by atoms with van der Waals surface area (Å²) < 4.78 is 5.49. The van der Waals surface area contributed by atoms with Crippen LogP contribution in [0.4, 0.5) is 0 Å². The first-order valence-electron chi connectivity index (χ1n) is 27.9. The van der Waals surface area contributed by atoms with Crippen LogP contribution in [0.15, 0.2) is 12.2 Å². The molecule has 0 aliphatic rings. The molecular formula is C56H109NO5. The summed E-state index contributed by atoms with van der Waals surface area (Å²) in [7, 11) is 0. The van der Waals surface area contributed by atoms with Crippen LogP contribution in [0.3, 0.4) is 0 Å². The third kappa shape index (κ3) is 48.1. The summed E-state index contributed by atoms with van der Waals surface area (Å²) in [5, 5.41) is 23.1. The first kappa shape index (κ1) is 60.6. The zero-order valence-corrected chi connectivity index (χ0v) is 41.9. The van der Waals surface area contributed by atoms with E-state index in [-0.39, 0.29) is 18.5 Å². The predicted molar refractivity (Wildman–Crippen MR) is 269 cm³/mol. The van der Waals surface area contributed by atoms with Gasteiger partial charge in [0.15, 0.2) is 0 Å². The number of aliphatic hydroxyl groups excluding tert-OH is 2. The molecule has 0 aromatic rings. The molecule has 0 rings (SSSR count). The largest absolute Gasteiger partial charge is 0.466 e. The Kier molecular flexibility index (Phi) is 51.0. The molecule has 0 radical (unpaired) electrons. The summed E-state index contributed by atoms with van der Waals surface area (Å²) in [6.45, 7) is 4.93. The van der Waals surface area contributed by atoms with E-state index in [4.69, 9.17) is 4.74 Å². The molecule has 3 N–H and O–H groups in total. The Morgan fingerprint density at radius 1 is 0.435 bits per heavy atom. The lowest BCUT2D eigenvalue weighted by molar-refractivity contribution is -0.143. The minimum atomic E-state index is -0.666. The van der Waals surface area contributed by atoms with Crippen molar-refractivity contribution in [2.45, 2.75) is 321 Å². The van der Waals surface area contributed by atoms with Gasteiger partial charge in [-0.25, -0.2) is 0 Å². The zero-order valence-electron chi connectivity index (χ0n) is 41.9. The molecule has 0 aliphatic heterocycles. The summed E-state index contributed by atoms with van der Waals surface area (Å²) in [6, 6.07) is -0.544. The van der Waals surface area contributed by atoms with E-state index in [1.807, 2.05) is 0 Å². The Hall–Kier alpha value is -1.40. The second-order valence-corrected chi connectivity index (χ2v) is 19.3. The highest BCUT2D eigenvalue weighted by molar-refractivity contribution is 5.76. The molecule has 0 spiro atoms. The number of rotatable bonds is 52. The average molecular weight is 876 g/mol. The van der Waals surface area contributed by atoms with Crippen LogP contribution in [0.5, 0.6) is 0 Å². The minimum absolute atomic E-state index is 0.00297. The fourth-order valence-electron chi connectivity index (χ4n) is 8.75. The monoisotopic (exact) mass is 876 g/mol. The summed E-state index contributed by atoms with van der Waals surface area (Å²) in [4.78, 5) is 24.5. The van der Waals surface area contributed by atoms with Crippen LogP contribution < -0.4 is 5.32 Å². The first-order chi connectivity index (χ1) is 30.5. The molecule has 0 fully saturated rings. The van der Waals surface area contributed by atoms with Gasteiger partial charge < -0.3 is 20.3 Å². The standard InChI is InChI=1S/C56H109NO5/c1-3-5-7-9-11-13-15-16-17-18-19-20-24-27-30-34-38-42-46-50-56(61)62-51-47-43-39-35-31-28-25-22-21-23-26-29-33-37-41-45-49-55(60)57-53(52-58)54(59)48-44-40-36-32-14-12-10-8-6-4-2/h16-17,53-54,58-59H,3-15,18-52H2,1-2H3,(H,57,60)/b17-16-. The molecule has 2 atom stereocenters. The van der Waals surface area contributed by atoms with Crippen LogP contribution in [0.2, 0.25) is 0 Å². The van der Waals surface area contributed by atoms with Crippen molar-refractivity contribution in [3.8, 4) is 0 Å². The van der Waals surface area contributed by atoms with Gasteiger partial charge in [-0.1, -0.05) is 257 Å². The predicted octanol–water partition coefficient (Wildman–Crippen LogP) is 16.9.